The average molecular weight is 329 g/mol. The molecule has 9 heteroatoms. The van der Waals surface area contributed by atoms with Gasteiger partial charge >= 0.3 is 49.5 Å². The van der Waals surface area contributed by atoms with Crippen molar-refractivity contribution in [3.63, 3.8) is 0 Å². The van der Waals surface area contributed by atoms with E-state index in [1.807, 2.05) is 0 Å². The van der Waals surface area contributed by atoms with Crippen molar-refractivity contribution in [2.75, 3.05) is 6.54 Å². The molecule has 0 aromatic heterocycles. The zero-order chi connectivity index (χ0) is 9.56. The van der Waals surface area contributed by atoms with Crippen molar-refractivity contribution < 1.29 is 36.1 Å². The Morgan fingerprint density at radius 3 is 2.20 bits per heavy atom. The van der Waals surface area contributed by atoms with Crippen molar-refractivity contribution in [1.82, 2.24) is 0 Å². The predicted octanol–water partition coefficient (Wildman–Crippen LogP) is -1.51. The first kappa shape index (κ1) is 24.6. The molecule has 0 heterocycles. The minimum absolute atomic E-state index is 0. The Hall–Kier alpha value is 0.406. The van der Waals surface area contributed by atoms with Gasteiger partial charge in [0.15, 0.2) is 5.96 Å². The molecule has 0 rings (SSSR count). The van der Waals surface area contributed by atoms with Gasteiger partial charge in [0.1, 0.15) is 6.04 Å². The number of carboxylic acids is 1. The molecule has 0 aromatic carbocycles. The van der Waals surface area contributed by atoms with Crippen LogP contribution >= 0.6 is 12.4 Å². The predicted molar refractivity (Wildman–Crippen MR) is 58.5 cm³/mol. The van der Waals surface area contributed by atoms with Gasteiger partial charge < -0.3 is 22.3 Å². The second-order valence-corrected chi connectivity index (χ2v) is 2.39. The fraction of sp³-hybridized carbons (Fsp3) is 0.667. The normalized spacial score (nSPS) is 9.67. The molecule has 0 aliphatic rings. The number of hydrogen-bond donors (Lipinski definition) is 4. The Labute approximate surface area is 125 Å². The number of carboxylic acid groups (broad SMARTS) is 1. The minimum atomic E-state index is -1.00. The van der Waals surface area contributed by atoms with E-state index in [1.165, 1.54) is 0 Å². The summed E-state index contributed by atoms with van der Waals surface area (Å²) in [6.45, 7) is 0.420. The summed E-state index contributed by atoms with van der Waals surface area (Å²) in [4.78, 5) is 13.9. The largest absolute Gasteiger partial charge is 3.00 e. The molecule has 1 atom stereocenters. The van der Waals surface area contributed by atoms with Crippen molar-refractivity contribution >= 4 is 41.7 Å². The van der Waals surface area contributed by atoms with E-state index >= 15 is 0 Å². The molecular weight excluding hydrogens is 314 g/mol. The number of nitrogens with two attached hydrogens (primary N) is 3. The van der Waals surface area contributed by atoms with Crippen LogP contribution in [-0.4, -0.2) is 47.0 Å². The third-order valence-corrected chi connectivity index (χ3v) is 1.28. The standard InChI is InChI=1S/C6H14N4O2.Al.ClH.Zr/c7-4(5(11)12)2-1-3-10-6(8)9;;;/h4H,1-3,7H2,(H,11,12)(H4,8,9,10);;1H;/q;+3;;+2. The van der Waals surface area contributed by atoms with Gasteiger partial charge in [0.05, 0.1) is 0 Å². The smallest absolute Gasteiger partial charge is 0.480 e. The van der Waals surface area contributed by atoms with Crippen LogP contribution < -0.4 is 17.2 Å². The number of aliphatic imine (C=N–C) groups is 1. The van der Waals surface area contributed by atoms with E-state index in [9.17, 15) is 4.79 Å². The number of aliphatic carboxylic acids is 1. The maximum Gasteiger partial charge on any atom is 3.00 e. The van der Waals surface area contributed by atoms with Gasteiger partial charge in [-0.05, 0) is 12.8 Å². The van der Waals surface area contributed by atoms with Crippen LogP contribution in [0.15, 0.2) is 4.99 Å². The number of halogens is 1. The summed E-state index contributed by atoms with van der Waals surface area (Å²) in [7, 11) is 0. The monoisotopic (exact) mass is 327 g/mol. The second kappa shape index (κ2) is 14.4. The summed E-state index contributed by atoms with van der Waals surface area (Å²) in [6.07, 6.45) is 0.956. The molecular formula is C6H15AlClN4O2Zr+5. The van der Waals surface area contributed by atoms with Crippen molar-refractivity contribution in [3.8, 4) is 0 Å². The Morgan fingerprint density at radius 2 is 1.87 bits per heavy atom. The Morgan fingerprint density at radius 1 is 1.40 bits per heavy atom. The summed E-state index contributed by atoms with van der Waals surface area (Å²) in [5, 5.41) is 8.38. The molecule has 15 heavy (non-hydrogen) atoms. The fourth-order valence-corrected chi connectivity index (χ4v) is 0.643. The van der Waals surface area contributed by atoms with Crippen LogP contribution in [0.25, 0.3) is 0 Å². The Balaban J connectivity index is -0.000000202. The van der Waals surface area contributed by atoms with Gasteiger partial charge in [-0.3, -0.25) is 9.79 Å². The van der Waals surface area contributed by atoms with E-state index < -0.39 is 12.0 Å². The van der Waals surface area contributed by atoms with Crippen molar-refractivity contribution in [3.05, 3.63) is 0 Å². The molecule has 0 bridgehead atoms. The quantitative estimate of drug-likeness (QED) is 0.211. The van der Waals surface area contributed by atoms with Crippen LogP contribution in [0.1, 0.15) is 12.8 Å². The Kier molecular flexibility index (Phi) is 23.6. The van der Waals surface area contributed by atoms with Crippen molar-refractivity contribution in [1.29, 1.82) is 0 Å². The summed E-state index contributed by atoms with van der Waals surface area (Å²) >= 11 is 0. The first-order valence-electron chi connectivity index (χ1n) is 3.58. The molecule has 80 valence electrons. The van der Waals surface area contributed by atoms with E-state index in [4.69, 9.17) is 22.3 Å². The van der Waals surface area contributed by atoms with Crippen molar-refractivity contribution in [2.45, 2.75) is 18.9 Å². The van der Waals surface area contributed by atoms with Crippen molar-refractivity contribution in [2.24, 2.45) is 22.2 Å². The van der Waals surface area contributed by atoms with Gasteiger partial charge in [-0.15, -0.1) is 12.4 Å². The molecule has 0 aromatic rings. The van der Waals surface area contributed by atoms with Gasteiger partial charge in [0.2, 0.25) is 0 Å². The first-order chi connectivity index (χ1) is 5.54. The van der Waals surface area contributed by atoms with Crippen LogP contribution in [0.4, 0.5) is 0 Å². The SMILES string of the molecule is Cl.NC(N)=NCCCC(N)C(=O)O.[Al+3].[Zr+2]. The van der Waals surface area contributed by atoms with Gasteiger partial charge in [-0.2, -0.15) is 0 Å². The minimum Gasteiger partial charge on any atom is -0.480 e. The van der Waals surface area contributed by atoms with Gasteiger partial charge in [-0.1, -0.05) is 0 Å². The number of nitrogens with zero attached hydrogens (tertiary/aromatic N) is 1. The van der Waals surface area contributed by atoms with Crippen LogP contribution in [0.5, 0.6) is 0 Å². The maximum absolute atomic E-state index is 10.2. The number of carbonyl (C=O) groups is 1. The van der Waals surface area contributed by atoms with E-state index in [-0.39, 0.29) is 61.9 Å². The van der Waals surface area contributed by atoms with Gasteiger partial charge in [0.25, 0.3) is 0 Å². The fourth-order valence-electron chi connectivity index (χ4n) is 0.643. The molecule has 7 N–H and O–H groups in total. The van der Waals surface area contributed by atoms with Crippen LogP contribution in [0.2, 0.25) is 0 Å². The summed E-state index contributed by atoms with van der Waals surface area (Å²) in [5.41, 5.74) is 15.3. The number of guanidine groups is 1. The van der Waals surface area contributed by atoms with Crippen LogP contribution in [0.3, 0.4) is 0 Å². The molecule has 0 aliphatic heterocycles. The third-order valence-electron chi connectivity index (χ3n) is 1.28. The Bertz CT molecular complexity index is 192. The summed E-state index contributed by atoms with van der Waals surface area (Å²) in [5.74, 6) is -0.987. The molecule has 0 aliphatic carbocycles. The number of hydrogen-bond acceptors (Lipinski definition) is 3. The number of rotatable bonds is 5. The molecule has 0 amide bonds. The molecule has 0 spiro atoms. The van der Waals surface area contributed by atoms with E-state index in [0.29, 0.717) is 19.4 Å². The van der Waals surface area contributed by atoms with Crippen LogP contribution in [0, 0.1) is 0 Å². The van der Waals surface area contributed by atoms with Crippen LogP contribution in [-0.2, 0) is 31.0 Å². The average Bonchev–Trinajstić information content (AvgIpc) is 1.97. The maximum atomic E-state index is 10.2. The first-order valence-corrected chi connectivity index (χ1v) is 3.58. The topological polar surface area (TPSA) is 128 Å². The molecule has 0 radical (unpaired) electrons. The summed E-state index contributed by atoms with van der Waals surface area (Å²) in [6, 6.07) is -0.820. The zero-order valence-corrected chi connectivity index (χ0v) is 12.6. The van der Waals surface area contributed by atoms with E-state index in [1.54, 1.807) is 0 Å². The molecule has 0 saturated carbocycles. The zero-order valence-electron chi connectivity index (χ0n) is 8.22. The van der Waals surface area contributed by atoms with E-state index in [2.05, 4.69) is 4.99 Å². The second-order valence-electron chi connectivity index (χ2n) is 2.39. The molecule has 6 nitrogen and oxygen atoms in total. The third kappa shape index (κ3) is 17.0. The molecule has 1 unspecified atom stereocenters. The van der Waals surface area contributed by atoms with Gasteiger partial charge in [0, 0.05) is 6.54 Å². The van der Waals surface area contributed by atoms with Gasteiger partial charge in [-0.25, -0.2) is 0 Å². The van der Waals surface area contributed by atoms with E-state index in [0.717, 1.165) is 0 Å². The molecule has 0 fully saturated rings. The molecule has 0 saturated heterocycles. The summed E-state index contributed by atoms with van der Waals surface area (Å²) < 4.78 is 0.